The van der Waals surface area contributed by atoms with Gasteiger partial charge in [0.15, 0.2) is 0 Å². The number of hydrogen-bond acceptors (Lipinski definition) is 2. The van der Waals surface area contributed by atoms with E-state index in [0.717, 1.165) is 41.9 Å². The van der Waals surface area contributed by atoms with E-state index >= 15 is 0 Å². The minimum atomic E-state index is 0. The Labute approximate surface area is 90.7 Å². The van der Waals surface area contributed by atoms with Gasteiger partial charge in [-0.15, -0.1) is 12.4 Å². The maximum Gasteiger partial charge on any atom is 0.0499 e. The van der Waals surface area contributed by atoms with Gasteiger partial charge in [-0.3, -0.25) is 4.98 Å². The summed E-state index contributed by atoms with van der Waals surface area (Å²) in [6.07, 6.45) is 3.04. The van der Waals surface area contributed by atoms with Crippen LogP contribution < -0.4 is 0 Å². The van der Waals surface area contributed by atoms with Gasteiger partial charge < -0.3 is 5.41 Å². The monoisotopic (exact) mass is 210 g/mol. The molecule has 1 aliphatic rings. The Morgan fingerprint density at radius 3 is 2.71 bits per heavy atom. The minimum absolute atomic E-state index is 0. The molecule has 2 rings (SSSR count). The molecule has 1 aromatic rings. The molecule has 0 aliphatic heterocycles. The highest BCUT2D eigenvalue weighted by Gasteiger charge is 2.17. The number of hydrogen-bond donors (Lipinski definition) is 1. The Morgan fingerprint density at radius 2 is 2.00 bits per heavy atom. The Morgan fingerprint density at radius 1 is 1.29 bits per heavy atom. The van der Waals surface area contributed by atoms with Crippen LogP contribution in [0.5, 0.6) is 0 Å². The molecule has 0 amide bonds. The second-order valence-electron chi connectivity index (χ2n) is 3.73. The molecule has 0 saturated heterocycles. The lowest BCUT2D eigenvalue weighted by molar-refractivity contribution is 0.797. The predicted octanol–water partition coefficient (Wildman–Crippen LogP) is 2.82. The third-order valence-electron chi connectivity index (χ3n) is 2.56. The molecule has 0 aromatic carbocycles. The van der Waals surface area contributed by atoms with Crippen molar-refractivity contribution in [3.05, 3.63) is 28.6 Å². The number of pyridine rings is 1. The maximum absolute atomic E-state index is 7.84. The van der Waals surface area contributed by atoms with Gasteiger partial charge >= 0.3 is 0 Å². The predicted molar refractivity (Wildman–Crippen MR) is 60.7 cm³/mol. The summed E-state index contributed by atoms with van der Waals surface area (Å²) in [7, 11) is 0. The van der Waals surface area contributed by atoms with Crippen LogP contribution in [0.2, 0.25) is 0 Å². The van der Waals surface area contributed by atoms with Crippen LogP contribution in [0.3, 0.4) is 0 Å². The van der Waals surface area contributed by atoms with Crippen LogP contribution >= 0.6 is 12.4 Å². The van der Waals surface area contributed by atoms with Crippen LogP contribution in [-0.4, -0.2) is 10.7 Å². The van der Waals surface area contributed by atoms with E-state index in [4.69, 9.17) is 5.41 Å². The summed E-state index contributed by atoms with van der Waals surface area (Å²) in [6.45, 7) is 4.10. The van der Waals surface area contributed by atoms with Crippen molar-refractivity contribution in [2.24, 2.45) is 0 Å². The third-order valence-corrected chi connectivity index (χ3v) is 2.56. The van der Waals surface area contributed by atoms with Crippen LogP contribution in [0.25, 0.3) is 0 Å². The summed E-state index contributed by atoms with van der Waals surface area (Å²) in [4.78, 5) is 4.48. The minimum Gasteiger partial charge on any atom is -0.305 e. The van der Waals surface area contributed by atoms with Gasteiger partial charge in [-0.2, -0.15) is 0 Å². The van der Waals surface area contributed by atoms with Crippen molar-refractivity contribution < 1.29 is 0 Å². The summed E-state index contributed by atoms with van der Waals surface area (Å²) in [5.41, 5.74) is 5.30. The van der Waals surface area contributed by atoms with Crippen molar-refractivity contribution in [1.82, 2.24) is 4.98 Å². The van der Waals surface area contributed by atoms with E-state index in [1.807, 2.05) is 6.92 Å². The lowest BCUT2D eigenvalue weighted by Gasteiger charge is -2.18. The molecule has 1 aromatic heterocycles. The molecule has 1 N–H and O–H groups in total. The molecule has 1 aliphatic carbocycles. The van der Waals surface area contributed by atoms with Crippen molar-refractivity contribution >= 4 is 18.1 Å². The number of halogens is 1. The summed E-state index contributed by atoms with van der Waals surface area (Å²) in [5.74, 6) is 0. The van der Waals surface area contributed by atoms with E-state index in [2.05, 4.69) is 18.0 Å². The molecule has 0 bridgehead atoms. The normalized spacial score (nSPS) is 14.6. The number of aromatic nitrogens is 1. The highest BCUT2D eigenvalue weighted by molar-refractivity contribution is 6.01. The van der Waals surface area contributed by atoms with Crippen LogP contribution in [-0.2, 0) is 6.42 Å². The van der Waals surface area contributed by atoms with Crippen LogP contribution in [0.15, 0.2) is 6.07 Å². The molecule has 76 valence electrons. The van der Waals surface area contributed by atoms with Crippen LogP contribution in [0.1, 0.15) is 35.4 Å². The second kappa shape index (κ2) is 4.09. The SMILES string of the molecule is Cc1cc(C)c2c(n1)CCCC2=N.Cl. The molecule has 0 unspecified atom stereocenters. The quantitative estimate of drug-likeness (QED) is 0.703. The second-order valence-corrected chi connectivity index (χ2v) is 3.73. The Bertz CT molecular complexity index is 372. The molecule has 0 radical (unpaired) electrons. The molecule has 0 saturated carbocycles. The van der Waals surface area contributed by atoms with Crippen LogP contribution in [0.4, 0.5) is 0 Å². The fraction of sp³-hybridized carbons (Fsp3) is 0.455. The topological polar surface area (TPSA) is 36.7 Å². The maximum atomic E-state index is 7.84. The van der Waals surface area contributed by atoms with Gasteiger partial charge in [0, 0.05) is 22.7 Å². The summed E-state index contributed by atoms with van der Waals surface area (Å²) in [6, 6.07) is 2.07. The Hall–Kier alpha value is -0.890. The van der Waals surface area contributed by atoms with Gasteiger partial charge in [-0.25, -0.2) is 0 Å². The summed E-state index contributed by atoms with van der Waals surface area (Å²) in [5, 5.41) is 7.84. The lowest BCUT2D eigenvalue weighted by atomic mass is 9.90. The van der Waals surface area contributed by atoms with Crippen molar-refractivity contribution in [2.75, 3.05) is 0 Å². The zero-order valence-corrected chi connectivity index (χ0v) is 9.37. The number of aryl methyl sites for hydroxylation is 3. The van der Waals surface area contributed by atoms with Gasteiger partial charge in [0.2, 0.25) is 0 Å². The van der Waals surface area contributed by atoms with Gasteiger partial charge in [0.1, 0.15) is 0 Å². The zero-order valence-electron chi connectivity index (χ0n) is 8.55. The number of rotatable bonds is 0. The van der Waals surface area contributed by atoms with Crippen molar-refractivity contribution in [2.45, 2.75) is 33.1 Å². The van der Waals surface area contributed by atoms with Crippen molar-refractivity contribution in [3.63, 3.8) is 0 Å². The highest BCUT2D eigenvalue weighted by atomic mass is 35.5. The van der Waals surface area contributed by atoms with Gasteiger partial charge in [-0.1, -0.05) is 0 Å². The fourth-order valence-electron chi connectivity index (χ4n) is 2.06. The Balaban J connectivity index is 0.000000980. The number of fused-ring (bicyclic) bond motifs is 1. The average Bonchev–Trinajstić information content (AvgIpc) is 2.02. The molecule has 2 nitrogen and oxygen atoms in total. The highest BCUT2D eigenvalue weighted by Crippen LogP contribution is 2.22. The largest absolute Gasteiger partial charge is 0.305 e. The summed E-state index contributed by atoms with van der Waals surface area (Å²) >= 11 is 0. The lowest BCUT2D eigenvalue weighted by Crippen LogP contribution is -2.15. The van der Waals surface area contributed by atoms with Crippen LogP contribution in [0, 0.1) is 19.3 Å². The molecule has 0 fully saturated rings. The summed E-state index contributed by atoms with van der Waals surface area (Å²) < 4.78 is 0. The molecule has 0 atom stereocenters. The van der Waals surface area contributed by atoms with Gasteiger partial charge in [0.25, 0.3) is 0 Å². The van der Waals surface area contributed by atoms with Crippen molar-refractivity contribution in [1.29, 1.82) is 5.41 Å². The van der Waals surface area contributed by atoms with E-state index in [1.165, 1.54) is 5.56 Å². The molecular weight excluding hydrogens is 196 g/mol. The molecule has 1 heterocycles. The first kappa shape index (κ1) is 11.2. The molecule has 3 heteroatoms. The standard InChI is InChI=1S/C11H14N2.ClH/c1-7-6-8(2)13-10-5-3-4-9(12)11(7)10;/h6,12H,3-5H2,1-2H3;1H. The number of nitrogens with one attached hydrogen (secondary N) is 1. The van der Waals surface area contributed by atoms with Crippen molar-refractivity contribution in [3.8, 4) is 0 Å². The van der Waals surface area contributed by atoms with E-state index in [1.54, 1.807) is 0 Å². The van der Waals surface area contributed by atoms with E-state index in [0.29, 0.717) is 0 Å². The fourth-order valence-corrected chi connectivity index (χ4v) is 2.06. The molecule has 0 spiro atoms. The molecular formula is C11H15ClN2. The number of nitrogens with zero attached hydrogens (tertiary/aromatic N) is 1. The first-order chi connectivity index (χ1) is 6.18. The first-order valence-electron chi connectivity index (χ1n) is 4.73. The zero-order chi connectivity index (χ0) is 9.42. The van der Waals surface area contributed by atoms with E-state index < -0.39 is 0 Å². The van der Waals surface area contributed by atoms with E-state index in [9.17, 15) is 0 Å². The Kier molecular flexibility index (Phi) is 3.27. The van der Waals surface area contributed by atoms with Gasteiger partial charge in [0.05, 0.1) is 0 Å². The third kappa shape index (κ3) is 1.80. The average molecular weight is 211 g/mol. The smallest absolute Gasteiger partial charge is 0.0499 e. The van der Waals surface area contributed by atoms with E-state index in [-0.39, 0.29) is 12.4 Å². The first-order valence-corrected chi connectivity index (χ1v) is 4.73. The van der Waals surface area contributed by atoms with Gasteiger partial charge in [-0.05, 0) is 44.7 Å². The molecule has 14 heavy (non-hydrogen) atoms.